The summed E-state index contributed by atoms with van der Waals surface area (Å²) in [7, 11) is 0. The molecule has 2 aromatic rings. The first-order chi connectivity index (χ1) is 15.0. The van der Waals surface area contributed by atoms with Crippen LogP contribution in [0.1, 0.15) is 54.6 Å². The Balaban J connectivity index is 1.29. The number of hydrogen-bond acceptors (Lipinski definition) is 3. The van der Waals surface area contributed by atoms with Gasteiger partial charge in [0.25, 0.3) is 5.91 Å². The van der Waals surface area contributed by atoms with Gasteiger partial charge in [-0.25, -0.2) is 9.18 Å². The van der Waals surface area contributed by atoms with E-state index in [0.717, 1.165) is 18.0 Å². The average Bonchev–Trinajstić information content (AvgIpc) is 3.06. The summed E-state index contributed by atoms with van der Waals surface area (Å²) >= 11 is 0. The minimum Gasteiger partial charge on any atom is -0.337 e. The van der Waals surface area contributed by atoms with Gasteiger partial charge in [-0.1, -0.05) is 6.42 Å². The van der Waals surface area contributed by atoms with Crippen LogP contribution in [0.4, 0.5) is 9.18 Å². The first-order valence-corrected chi connectivity index (χ1v) is 11.1. The Hall–Kier alpha value is -2.90. The summed E-state index contributed by atoms with van der Waals surface area (Å²) in [4.78, 5) is 29.0. The largest absolute Gasteiger partial charge is 0.337 e. The van der Waals surface area contributed by atoms with Crippen molar-refractivity contribution in [2.45, 2.75) is 45.2 Å². The van der Waals surface area contributed by atoms with Crippen LogP contribution in [0.2, 0.25) is 0 Å². The number of halogens is 1. The normalized spacial score (nSPS) is 18.3. The lowest BCUT2D eigenvalue weighted by Crippen LogP contribution is -2.43. The summed E-state index contributed by atoms with van der Waals surface area (Å²) in [5, 5.41) is 7.50. The SMILES string of the molecule is CC(NC(=O)N1CCCN(C(=O)c2ccc(F)cc2)CC1)c1cnn(CC2CCC2)c1. The Kier molecular flexibility index (Phi) is 6.53. The van der Waals surface area contributed by atoms with Gasteiger partial charge in [0.2, 0.25) is 0 Å². The zero-order valence-corrected chi connectivity index (χ0v) is 18.0. The van der Waals surface area contributed by atoms with E-state index < -0.39 is 0 Å². The summed E-state index contributed by atoms with van der Waals surface area (Å²) < 4.78 is 15.1. The van der Waals surface area contributed by atoms with Crippen LogP contribution in [0.25, 0.3) is 0 Å². The highest BCUT2D eigenvalue weighted by Gasteiger charge is 2.24. The van der Waals surface area contributed by atoms with E-state index in [9.17, 15) is 14.0 Å². The molecule has 4 rings (SSSR count). The monoisotopic (exact) mass is 427 g/mol. The van der Waals surface area contributed by atoms with Crippen molar-refractivity contribution < 1.29 is 14.0 Å². The zero-order chi connectivity index (χ0) is 21.8. The lowest BCUT2D eigenvalue weighted by molar-refractivity contribution is 0.0762. The van der Waals surface area contributed by atoms with E-state index in [1.54, 1.807) is 9.80 Å². The van der Waals surface area contributed by atoms with Crippen LogP contribution in [-0.4, -0.2) is 57.7 Å². The molecule has 1 saturated heterocycles. The number of nitrogens with one attached hydrogen (secondary N) is 1. The van der Waals surface area contributed by atoms with E-state index in [-0.39, 0.29) is 23.8 Å². The van der Waals surface area contributed by atoms with Crippen LogP contribution in [0.5, 0.6) is 0 Å². The molecule has 2 aliphatic rings. The molecule has 8 heteroatoms. The Morgan fingerprint density at radius 1 is 1.10 bits per heavy atom. The lowest BCUT2D eigenvalue weighted by atomic mass is 9.85. The minimum atomic E-state index is -0.363. The van der Waals surface area contributed by atoms with E-state index in [0.29, 0.717) is 38.2 Å². The molecule has 1 aliphatic carbocycles. The molecule has 166 valence electrons. The molecule has 1 N–H and O–H groups in total. The molecule has 1 aromatic carbocycles. The van der Waals surface area contributed by atoms with Crippen molar-refractivity contribution in [1.82, 2.24) is 24.9 Å². The number of amides is 3. The van der Waals surface area contributed by atoms with Crippen LogP contribution in [-0.2, 0) is 6.54 Å². The molecule has 1 unspecified atom stereocenters. The molecule has 0 radical (unpaired) electrons. The quantitative estimate of drug-likeness (QED) is 0.795. The van der Waals surface area contributed by atoms with E-state index >= 15 is 0 Å². The molecular formula is C23H30FN5O2. The third-order valence-corrected chi connectivity index (χ3v) is 6.32. The lowest BCUT2D eigenvalue weighted by Gasteiger charge is -2.25. The fourth-order valence-electron chi connectivity index (χ4n) is 4.10. The van der Waals surface area contributed by atoms with Gasteiger partial charge in [0.15, 0.2) is 0 Å². The van der Waals surface area contributed by atoms with E-state index in [2.05, 4.69) is 10.4 Å². The topological polar surface area (TPSA) is 70.5 Å². The highest BCUT2D eigenvalue weighted by molar-refractivity contribution is 5.94. The van der Waals surface area contributed by atoms with Crippen LogP contribution < -0.4 is 5.32 Å². The molecule has 1 saturated carbocycles. The predicted molar refractivity (Wildman–Crippen MR) is 115 cm³/mol. The van der Waals surface area contributed by atoms with Crippen molar-refractivity contribution in [3.63, 3.8) is 0 Å². The molecule has 1 aromatic heterocycles. The van der Waals surface area contributed by atoms with Crippen LogP contribution in [0.3, 0.4) is 0 Å². The van der Waals surface area contributed by atoms with Gasteiger partial charge in [0.05, 0.1) is 12.2 Å². The molecular weight excluding hydrogens is 397 g/mol. The Morgan fingerprint density at radius 3 is 2.52 bits per heavy atom. The molecule has 1 aliphatic heterocycles. The third kappa shape index (κ3) is 5.24. The first-order valence-electron chi connectivity index (χ1n) is 11.1. The van der Waals surface area contributed by atoms with Crippen molar-refractivity contribution >= 4 is 11.9 Å². The number of aromatic nitrogens is 2. The van der Waals surface area contributed by atoms with Gasteiger partial charge in [-0.15, -0.1) is 0 Å². The van der Waals surface area contributed by atoms with E-state index in [1.165, 1.54) is 43.5 Å². The minimum absolute atomic E-state index is 0.129. The Bertz CT molecular complexity index is 909. The summed E-state index contributed by atoms with van der Waals surface area (Å²) in [6.07, 6.45) is 8.42. The number of urea groups is 1. The zero-order valence-electron chi connectivity index (χ0n) is 18.0. The van der Waals surface area contributed by atoms with Gasteiger partial charge in [0, 0.05) is 50.0 Å². The second-order valence-electron chi connectivity index (χ2n) is 8.60. The number of rotatable bonds is 5. The van der Waals surface area contributed by atoms with E-state index in [1.807, 2.05) is 24.0 Å². The maximum atomic E-state index is 13.1. The van der Waals surface area contributed by atoms with Gasteiger partial charge in [0.1, 0.15) is 5.82 Å². The molecule has 0 bridgehead atoms. The molecule has 7 nitrogen and oxygen atoms in total. The maximum absolute atomic E-state index is 13.1. The molecule has 2 fully saturated rings. The van der Waals surface area contributed by atoms with Gasteiger partial charge >= 0.3 is 6.03 Å². The molecule has 2 heterocycles. The second kappa shape index (κ2) is 9.49. The highest BCUT2D eigenvalue weighted by Crippen LogP contribution is 2.27. The van der Waals surface area contributed by atoms with Crippen molar-refractivity contribution in [3.05, 3.63) is 53.6 Å². The Morgan fingerprint density at radius 2 is 1.81 bits per heavy atom. The average molecular weight is 428 g/mol. The van der Waals surface area contributed by atoms with Gasteiger partial charge in [-0.2, -0.15) is 5.10 Å². The van der Waals surface area contributed by atoms with Crippen LogP contribution in [0, 0.1) is 11.7 Å². The second-order valence-corrected chi connectivity index (χ2v) is 8.60. The summed E-state index contributed by atoms with van der Waals surface area (Å²) in [6.45, 7) is 5.00. The fourth-order valence-corrected chi connectivity index (χ4v) is 4.10. The molecule has 0 spiro atoms. The molecule has 31 heavy (non-hydrogen) atoms. The first kappa shape index (κ1) is 21.3. The number of benzene rings is 1. The van der Waals surface area contributed by atoms with Crippen molar-refractivity contribution in [1.29, 1.82) is 0 Å². The van der Waals surface area contributed by atoms with Crippen LogP contribution >= 0.6 is 0 Å². The van der Waals surface area contributed by atoms with Gasteiger partial charge in [-0.3, -0.25) is 9.48 Å². The van der Waals surface area contributed by atoms with Gasteiger partial charge in [-0.05, 0) is 56.4 Å². The van der Waals surface area contributed by atoms with Gasteiger partial charge < -0.3 is 15.1 Å². The summed E-state index contributed by atoms with van der Waals surface area (Å²) in [6, 6.07) is 5.32. The summed E-state index contributed by atoms with van der Waals surface area (Å²) in [5.41, 5.74) is 1.46. The van der Waals surface area contributed by atoms with E-state index in [4.69, 9.17) is 0 Å². The molecule has 3 amide bonds. The Labute approximate surface area is 182 Å². The van der Waals surface area contributed by atoms with Crippen molar-refractivity contribution in [2.24, 2.45) is 5.92 Å². The van der Waals surface area contributed by atoms with Crippen LogP contribution in [0.15, 0.2) is 36.7 Å². The molecule has 1 atom stereocenters. The summed E-state index contributed by atoms with van der Waals surface area (Å²) in [5.74, 6) is 0.239. The fraction of sp³-hybridized carbons (Fsp3) is 0.522. The number of nitrogens with zero attached hydrogens (tertiary/aromatic N) is 4. The smallest absolute Gasteiger partial charge is 0.317 e. The predicted octanol–water partition coefficient (Wildman–Crippen LogP) is 3.44. The number of carbonyl (C=O) groups excluding carboxylic acids is 2. The standard InChI is InChI=1S/C23H30FN5O2/c1-17(20-14-25-29(16-20)15-18-4-2-5-18)26-23(31)28-11-3-10-27(12-13-28)22(30)19-6-8-21(24)9-7-19/h6-9,14,16-18H,2-5,10-13,15H2,1H3,(H,26,31). The van der Waals surface area contributed by atoms with Crippen molar-refractivity contribution in [2.75, 3.05) is 26.2 Å². The highest BCUT2D eigenvalue weighted by atomic mass is 19.1. The maximum Gasteiger partial charge on any atom is 0.317 e. The van der Waals surface area contributed by atoms with Crippen molar-refractivity contribution in [3.8, 4) is 0 Å². The number of hydrogen-bond donors (Lipinski definition) is 1. The third-order valence-electron chi connectivity index (χ3n) is 6.32. The number of carbonyl (C=O) groups is 2.